The number of pyridine rings is 2. The minimum absolute atomic E-state index is 0.0959. The molecule has 0 atom stereocenters. The third-order valence-corrected chi connectivity index (χ3v) is 3.76. The molecule has 0 amide bonds. The number of hydrogen-bond donors (Lipinski definition) is 0. The number of fused-ring (bicyclic) bond motifs is 1. The molecule has 0 aliphatic rings. The second-order valence-electron chi connectivity index (χ2n) is 4.65. The highest BCUT2D eigenvalue weighted by Crippen LogP contribution is 2.29. The maximum Gasteiger partial charge on any atom is 0.0760 e. The minimum Gasteiger partial charge on any atom is -0.545 e. The first-order valence-corrected chi connectivity index (χ1v) is 6.67. The number of aromatic nitrogens is 2. The Kier molecular flexibility index (Phi) is 3.31. The highest BCUT2D eigenvalue weighted by Gasteiger charge is 2.12. The van der Waals surface area contributed by atoms with E-state index in [4.69, 9.17) is 11.6 Å². The summed E-state index contributed by atoms with van der Waals surface area (Å²) in [5, 5.41) is 12.5. The molecule has 0 saturated heterocycles. The molecule has 0 aliphatic heterocycles. The first-order valence-electron chi connectivity index (χ1n) is 6.29. The van der Waals surface area contributed by atoms with E-state index in [1.807, 2.05) is 13.0 Å². The fourth-order valence-electron chi connectivity index (χ4n) is 2.24. The van der Waals surface area contributed by atoms with Gasteiger partial charge in [0.2, 0.25) is 0 Å². The second-order valence-corrected chi connectivity index (χ2v) is 5.06. The number of rotatable bonds is 2. The van der Waals surface area contributed by atoms with Crippen molar-refractivity contribution in [3.05, 3.63) is 58.9 Å². The summed E-state index contributed by atoms with van der Waals surface area (Å²) >= 11 is 6.10. The molecular weight excluding hydrogens is 288 g/mol. The van der Waals surface area contributed by atoms with Crippen molar-refractivity contribution in [2.45, 2.75) is 6.92 Å². The van der Waals surface area contributed by atoms with Crippen LogP contribution < -0.4 is 5.11 Å². The SMILES string of the molecule is Cc1c(Cl)ccc2c(C(=O)[O-])cc(-c3cccnc3)nc12. The third-order valence-electron chi connectivity index (χ3n) is 3.35. The number of hydrogen-bond acceptors (Lipinski definition) is 4. The molecule has 21 heavy (non-hydrogen) atoms. The van der Waals surface area contributed by atoms with E-state index in [0.29, 0.717) is 21.6 Å². The van der Waals surface area contributed by atoms with E-state index in [-0.39, 0.29) is 5.56 Å². The molecule has 2 aromatic heterocycles. The molecule has 0 aliphatic carbocycles. The van der Waals surface area contributed by atoms with Gasteiger partial charge in [0, 0.05) is 33.9 Å². The normalized spacial score (nSPS) is 10.8. The van der Waals surface area contributed by atoms with Crippen LogP contribution in [0.4, 0.5) is 0 Å². The zero-order valence-electron chi connectivity index (χ0n) is 11.1. The van der Waals surface area contributed by atoms with E-state index in [1.54, 1.807) is 30.6 Å². The first kappa shape index (κ1) is 13.5. The van der Waals surface area contributed by atoms with Crippen LogP contribution in [-0.2, 0) is 0 Å². The summed E-state index contributed by atoms with van der Waals surface area (Å²) < 4.78 is 0. The average Bonchev–Trinajstić information content (AvgIpc) is 2.51. The molecular formula is C16H10ClN2O2-. The van der Waals surface area contributed by atoms with E-state index in [2.05, 4.69) is 9.97 Å². The van der Waals surface area contributed by atoms with Gasteiger partial charge in [-0.3, -0.25) is 4.98 Å². The Hall–Kier alpha value is -2.46. The van der Waals surface area contributed by atoms with Gasteiger partial charge >= 0.3 is 0 Å². The van der Waals surface area contributed by atoms with Crippen molar-refractivity contribution in [2.24, 2.45) is 0 Å². The van der Waals surface area contributed by atoms with Gasteiger partial charge in [-0.25, -0.2) is 4.98 Å². The summed E-state index contributed by atoms with van der Waals surface area (Å²) in [6, 6.07) is 8.40. The highest BCUT2D eigenvalue weighted by atomic mass is 35.5. The van der Waals surface area contributed by atoms with Crippen molar-refractivity contribution >= 4 is 28.5 Å². The van der Waals surface area contributed by atoms with E-state index in [1.165, 1.54) is 6.07 Å². The van der Waals surface area contributed by atoms with Crippen LogP contribution in [0.3, 0.4) is 0 Å². The molecule has 0 fully saturated rings. The summed E-state index contributed by atoms with van der Waals surface area (Å²) in [7, 11) is 0. The van der Waals surface area contributed by atoms with Gasteiger partial charge in [0.25, 0.3) is 0 Å². The molecule has 104 valence electrons. The Balaban J connectivity index is 2.39. The topological polar surface area (TPSA) is 65.9 Å². The van der Waals surface area contributed by atoms with Crippen LogP contribution in [0.5, 0.6) is 0 Å². The van der Waals surface area contributed by atoms with Gasteiger partial charge in [-0.15, -0.1) is 0 Å². The van der Waals surface area contributed by atoms with Gasteiger partial charge in [-0.1, -0.05) is 17.7 Å². The molecule has 0 saturated carbocycles. The van der Waals surface area contributed by atoms with E-state index in [9.17, 15) is 9.90 Å². The number of halogens is 1. The van der Waals surface area contributed by atoms with Crippen molar-refractivity contribution in [1.82, 2.24) is 9.97 Å². The van der Waals surface area contributed by atoms with Gasteiger partial charge in [0.15, 0.2) is 0 Å². The Labute approximate surface area is 126 Å². The molecule has 4 nitrogen and oxygen atoms in total. The molecule has 2 heterocycles. The Bertz CT molecular complexity index is 848. The van der Waals surface area contributed by atoms with Gasteiger partial charge in [-0.2, -0.15) is 0 Å². The van der Waals surface area contributed by atoms with Gasteiger partial charge in [-0.05, 0) is 36.8 Å². The largest absolute Gasteiger partial charge is 0.545 e. The molecule has 0 unspecified atom stereocenters. The van der Waals surface area contributed by atoms with Crippen LogP contribution >= 0.6 is 11.6 Å². The molecule has 3 rings (SSSR count). The zero-order valence-corrected chi connectivity index (χ0v) is 11.9. The fraction of sp³-hybridized carbons (Fsp3) is 0.0625. The Morgan fingerprint density at radius 1 is 1.29 bits per heavy atom. The molecule has 5 heteroatoms. The van der Waals surface area contributed by atoms with Crippen molar-refractivity contribution in [2.75, 3.05) is 0 Å². The predicted molar refractivity (Wildman–Crippen MR) is 79.1 cm³/mol. The summed E-state index contributed by atoms with van der Waals surface area (Å²) in [5.74, 6) is -1.24. The quantitative estimate of drug-likeness (QED) is 0.729. The monoisotopic (exact) mass is 297 g/mol. The maximum absolute atomic E-state index is 11.4. The second kappa shape index (κ2) is 5.14. The van der Waals surface area contributed by atoms with Crippen LogP contribution in [-0.4, -0.2) is 15.9 Å². The lowest BCUT2D eigenvalue weighted by atomic mass is 10.0. The van der Waals surface area contributed by atoms with E-state index >= 15 is 0 Å². The first-order chi connectivity index (χ1) is 10.1. The summed E-state index contributed by atoms with van der Waals surface area (Å²) in [5.41, 5.74) is 2.66. The lowest BCUT2D eigenvalue weighted by molar-refractivity contribution is -0.254. The summed E-state index contributed by atoms with van der Waals surface area (Å²) in [6.07, 6.45) is 3.28. The number of aryl methyl sites for hydroxylation is 1. The molecule has 3 aromatic rings. The number of carboxylic acid groups (broad SMARTS) is 1. The highest BCUT2D eigenvalue weighted by molar-refractivity contribution is 6.32. The van der Waals surface area contributed by atoms with Crippen LogP contribution in [0.1, 0.15) is 15.9 Å². The maximum atomic E-state index is 11.4. The summed E-state index contributed by atoms with van der Waals surface area (Å²) in [4.78, 5) is 20.0. The van der Waals surface area contributed by atoms with Gasteiger partial charge in [0.1, 0.15) is 0 Å². The minimum atomic E-state index is -1.24. The molecule has 1 aromatic carbocycles. The lowest BCUT2D eigenvalue weighted by Crippen LogP contribution is -2.22. The van der Waals surface area contributed by atoms with E-state index in [0.717, 1.165) is 11.1 Å². The number of nitrogens with zero attached hydrogens (tertiary/aromatic N) is 2. The van der Waals surface area contributed by atoms with Crippen molar-refractivity contribution in [3.8, 4) is 11.3 Å². The molecule has 0 radical (unpaired) electrons. The van der Waals surface area contributed by atoms with Crippen LogP contribution in [0.25, 0.3) is 22.2 Å². The number of benzene rings is 1. The Morgan fingerprint density at radius 2 is 2.10 bits per heavy atom. The van der Waals surface area contributed by atoms with Crippen molar-refractivity contribution < 1.29 is 9.90 Å². The van der Waals surface area contributed by atoms with Gasteiger partial charge in [0.05, 0.1) is 17.2 Å². The Morgan fingerprint density at radius 3 is 2.76 bits per heavy atom. The predicted octanol–water partition coefficient (Wildman–Crippen LogP) is 2.62. The fourth-order valence-corrected chi connectivity index (χ4v) is 2.39. The van der Waals surface area contributed by atoms with Crippen LogP contribution in [0.15, 0.2) is 42.7 Å². The van der Waals surface area contributed by atoms with E-state index < -0.39 is 5.97 Å². The standard InChI is InChI=1S/C16H11ClN2O2/c1-9-13(17)5-4-11-12(16(20)21)7-14(19-15(9)11)10-3-2-6-18-8-10/h2-8H,1H3,(H,20,21)/p-1. The lowest BCUT2D eigenvalue weighted by Gasteiger charge is -2.12. The molecule has 0 bridgehead atoms. The third kappa shape index (κ3) is 2.34. The van der Waals surface area contributed by atoms with Gasteiger partial charge < -0.3 is 9.90 Å². The number of aromatic carboxylic acids is 1. The van der Waals surface area contributed by atoms with Crippen molar-refractivity contribution in [1.29, 1.82) is 0 Å². The number of carbonyl (C=O) groups excluding carboxylic acids is 1. The number of carboxylic acids is 1. The average molecular weight is 298 g/mol. The van der Waals surface area contributed by atoms with Crippen molar-refractivity contribution in [3.63, 3.8) is 0 Å². The molecule has 0 spiro atoms. The molecule has 0 N–H and O–H groups in total. The van der Waals surface area contributed by atoms with Crippen LogP contribution in [0.2, 0.25) is 5.02 Å². The summed E-state index contributed by atoms with van der Waals surface area (Å²) in [6.45, 7) is 1.81. The van der Waals surface area contributed by atoms with Crippen LogP contribution in [0, 0.1) is 6.92 Å². The zero-order chi connectivity index (χ0) is 15.0. The number of carbonyl (C=O) groups is 1. The smallest absolute Gasteiger partial charge is 0.0760 e.